The number of ether oxygens (including phenoxy) is 2. The summed E-state index contributed by atoms with van der Waals surface area (Å²) in [4.78, 5) is 11.9. The molecule has 6 nitrogen and oxygen atoms in total. The van der Waals surface area contributed by atoms with Gasteiger partial charge in [-0.05, 0) is 24.3 Å². The van der Waals surface area contributed by atoms with E-state index in [0.717, 1.165) is 12.1 Å². The fourth-order valence-corrected chi connectivity index (χ4v) is 2.68. The van der Waals surface area contributed by atoms with Crippen LogP contribution in [0.15, 0.2) is 24.3 Å². The molecule has 0 saturated carbocycles. The fourth-order valence-electron chi connectivity index (χ4n) is 2.68. The fraction of sp³-hybridized carbons (Fsp3) is 0.500. The largest absolute Gasteiger partial charge is 0.416 e. The third-order valence-electron chi connectivity index (χ3n) is 3.81. The van der Waals surface area contributed by atoms with Gasteiger partial charge in [-0.2, -0.15) is 13.2 Å². The first-order valence-electron chi connectivity index (χ1n) is 7.00. The highest BCUT2D eigenvalue weighted by molar-refractivity contribution is 5.89. The monoisotopic (exact) mass is 332 g/mol. The number of halogens is 3. The Balaban J connectivity index is 1.56. The zero-order chi connectivity index (χ0) is 16.6. The van der Waals surface area contributed by atoms with Crippen molar-refractivity contribution in [1.29, 1.82) is 0 Å². The molecule has 2 fully saturated rings. The lowest BCUT2D eigenvalue weighted by Gasteiger charge is -2.18. The maximum atomic E-state index is 12.5. The second-order valence-corrected chi connectivity index (χ2v) is 5.44. The Kier molecular flexibility index (Phi) is 4.17. The normalized spacial score (nSPS) is 30.1. The molecule has 3 N–H and O–H groups in total. The number of amides is 2. The Morgan fingerprint density at radius 2 is 1.78 bits per heavy atom. The third-order valence-corrected chi connectivity index (χ3v) is 3.81. The van der Waals surface area contributed by atoms with E-state index in [2.05, 4.69) is 10.6 Å². The van der Waals surface area contributed by atoms with Gasteiger partial charge in [0.15, 0.2) is 0 Å². The summed E-state index contributed by atoms with van der Waals surface area (Å²) in [5, 5.41) is 14.7. The smallest absolute Gasteiger partial charge is 0.388 e. The van der Waals surface area contributed by atoms with Gasteiger partial charge in [0, 0.05) is 5.69 Å². The first-order chi connectivity index (χ1) is 10.8. The van der Waals surface area contributed by atoms with Crippen LogP contribution in [0.2, 0.25) is 0 Å². The SMILES string of the molecule is O=C(Nc1ccc(C(F)(F)F)cc1)N[C@H]1CO[C@H]2[C@@H]1OC[C@H]2O. The molecular weight excluding hydrogens is 317 g/mol. The van der Waals surface area contributed by atoms with Crippen molar-refractivity contribution >= 4 is 11.7 Å². The number of aliphatic hydroxyl groups is 1. The minimum Gasteiger partial charge on any atom is -0.388 e. The van der Waals surface area contributed by atoms with Gasteiger partial charge in [0.25, 0.3) is 0 Å². The Labute approximate surface area is 129 Å². The molecule has 23 heavy (non-hydrogen) atoms. The predicted molar refractivity (Wildman–Crippen MR) is 72.9 cm³/mol. The maximum absolute atomic E-state index is 12.5. The lowest BCUT2D eigenvalue weighted by molar-refractivity contribution is -0.137. The number of fused-ring (bicyclic) bond motifs is 1. The summed E-state index contributed by atoms with van der Waals surface area (Å²) in [5.41, 5.74) is -0.554. The quantitative estimate of drug-likeness (QED) is 0.764. The summed E-state index contributed by atoms with van der Waals surface area (Å²) in [6, 6.07) is 3.12. The lowest BCUT2D eigenvalue weighted by Crippen LogP contribution is -2.46. The molecule has 2 saturated heterocycles. The van der Waals surface area contributed by atoms with E-state index in [-0.39, 0.29) is 18.9 Å². The van der Waals surface area contributed by atoms with E-state index >= 15 is 0 Å². The minimum absolute atomic E-state index is 0.147. The molecule has 9 heteroatoms. The van der Waals surface area contributed by atoms with Crippen LogP contribution in [0.1, 0.15) is 5.56 Å². The molecule has 0 unspecified atom stereocenters. The molecule has 1 aromatic rings. The molecule has 0 spiro atoms. The Morgan fingerprint density at radius 1 is 1.13 bits per heavy atom. The van der Waals surface area contributed by atoms with Crippen molar-refractivity contribution in [3.63, 3.8) is 0 Å². The Morgan fingerprint density at radius 3 is 2.43 bits per heavy atom. The molecule has 3 rings (SSSR count). The first-order valence-corrected chi connectivity index (χ1v) is 7.00. The van der Waals surface area contributed by atoms with Crippen LogP contribution in [0.4, 0.5) is 23.7 Å². The average Bonchev–Trinajstić information content (AvgIpc) is 3.03. The molecule has 2 amide bonds. The van der Waals surface area contributed by atoms with Crippen molar-refractivity contribution in [3.05, 3.63) is 29.8 Å². The van der Waals surface area contributed by atoms with Crippen LogP contribution < -0.4 is 10.6 Å². The number of carbonyl (C=O) groups excluding carboxylic acids is 1. The van der Waals surface area contributed by atoms with Crippen LogP contribution in [-0.4, -0.2) is 48.7 Å². The number of rotatable bonds is 2. The molecule has 2 aliphatic rings. The molecule has 0 aromatic heterocycles. The van der Waals surface area contributed by atoms with Crippen molar-refractivity contribution in [2.45, 2.75) is 30.5 Å². The molecule has 126 valence electrons. The van der Waals surface area contributed by atoms with Gasteiger partial charge in [0.05, 0.1) is 24.8 Å². The maximum Gasteiger partial charge on any atom is 0.416 e. The van der Waals surface area contributed by atoms with Crippen LogP contribution in [-0.2, 0) is 15.7 Å². The van der Waals surface area contributed by atoms with Crippen molar-refractivity contribution in [2.75, 3.05) is 18.5 Å². The molecule has 0 aliphatic carbocycles. The first kappa shape index (κ1) is 16.0. The average molecular weight is 332 g/mol. The van der Waals surface area contributed by atoms with Crippen LogP contribution >= 0.6 is 0 Å². The van der Waals surface area contributed by atoms with Gasteiger partial charge >= 0.3 is 12.2 Å². The number of hydrogen-bond acceptors (Lipinski definition) is 4. The van der Waals surface area contributed by atoms with E-state index in [0.29, 0.717) is 0 Å². The van der Waals surface area contributed by atoms with Crippen molar-refractivity contribution in [1.82, 2.24) is 5.32 Å². The molecule has 0 bridgehead atoms. The minimum atomic E-state index is -4.42. The molecule has 0 radical (unpaired) electrons. The molecule has 2 heterocycles. The van der Waals surface area contributed by atoms with E-state index in [9.17, 15) is 23.1 Å². The second-order valence-electron chi connectivity index (χ2n) is 5.44. The summed E-state index contributed by atoms with van der Waals surface area (Å²) in [5.74, 6) is 0. The van der Waals surface area contributed by atoms with Gasteiger partial charge in [-0.3, -0.25) is 0 Å². The van der Waals surface area contributed by atoms with Crippen molar-refractivity contribution in [2.24, 2.45) is 0 Å². The van der Waals surface area contributed by atoms with Gasteiger partial charge in [0.1, 0.15) is 18.3 Å². The third kappa shape index (κ3) is 3.41. The summed E-state index contributed by atoms with van der Waals surface area (Å²) < 4.78 is 48.1. The molecule has 4 atom stereocenters. The number of urea groups is 1. The number of nitrogens with one attached hydrogen (secondary N) is 2. The van der Waals surface area contributed by atoms with Gasteiger partial charge in [0.2, 0.25) is 0 Å². The summed E-state index contributed by atoms with van der Waals surface area (Å²) in [7, 11) is 0. The highest BCUT2D eigenvalue weighted by atomic mass is 19.4. The Hall–Kier alpha value is -1.84. The summed E-state index contributed by atoms with van der Waals surface area (Å²) in [6.45, 7) is 0.348. The summed E-state index contributed by atoms with van der Waals surface area (Å²) >= 11 is 0. The number of anilines is 1. The van der Waals surface area contributed by atoms with E-state index in [1.165, 1.54) is 12.1 Å². The number of carbonyl (C=O) groups is 1. The molecular formula is C14H15F3N2O4. The zero-order valence-electron chi connectivity index (χ0n) is 11.8. The summed E-state index contributed by atoms with van der Waals surface area (Å²) in [6.07, 6.45) is -6.03. The molecule has 1 aromatic carbocycles. The van der Waals surface area contributed by atoms with Crippen molar-refractivity contribution in [3.8, 4) is 0 Å². The van der Waals surface area contributed by atoms with Gasteiger partial charge < -0.3 is 25.2 Å². The van der Waals surface area contributed by atoms with Crippen molar-refractivity contribution < 1.29 is 32.5 Å². The lowest BCUT2D eigenvalue weighted by atomic mass is 10.1. The van der Waals surface area contributed by atoms with Crippen LogP contribution in [0, 0.1) is 0 Å². The van der Waals surface area contributed by atoms with E-state index in [1.54, 1.807) is 0 Å². The number of benzene rings is 1. The van der Waals surface area contributed by atoms with Gasteiger partial charge in [-0.25, -0.2) is 4.79 Å². The topological polar surface area (TPSA) is 79.8 Å². The van der Waals surface area contributed by atoms with Crippen LogP contribution in [0.3, 0.4) is 0 Å². The standard InChI is InChI=1S/C14H15F3N2O4/c15-14(16,17)7-1-3-8(4-2-7)18-13(21)19-9-5-22-12-10(20)6-23-11(9)12/h1-4,9-12,20H,5-6H2,(H2,18,19,21)/t9-,10+,11+,12+/m0/s1. The van der Waals surface area contributed by atoms with Gasteiger partial charge in [-0.1, -0.05) is 0 Å². The number of hydrogen-bond donors (Lipinski definition) is 3. The van der Waals surface area contributed by atoms with E-state index < -0.39 is 42.1 Å². The highest BCUT2D eigenvalue weighted by Gasteiger charge is 2.47. The van der Waals surface area contributed by atoms with Crippen LogP contribution in [0.25, 0.3) is 0 Å². The van der Waals surface area contributed by atoms with E-state index in [4.69, 9.17) is 9.47 Å². The van der Waals surface area contributed by atoms with E-state index in [1.807, 2.05) is 0 Å². The number of aliphatic hydroxyl groups excluding tert-OH is 1. The second kappa shape index (κ2) is 5.99. The number of alkyl halides is 3. The van der Waals surface area contributed by atoms with Crippen LogP contribution in [0.5, 0.6) is 0 Å². The molecule has 2 aliphatic heterocycles. The van der Waals surface area contributed by atoms with Gasteiger partial charge in [-0.15, -0.1) is 0 Å². The zero-order valence-corrected chi connectivity index (χ0v) is 11.8. The highest BCUT2D eigenvalue weighted by Crippen LogP contribution is 2.30. The predicted octanol–water partition coefficient (Wildman–Crippen LogP) is 1.35. The Bertz CT molecular complexity index is 578.